The molecule has 13 heavy (non-hydrogen) atoms. The topological polar surface area (TPSA) is 15.3 Å². The summed E-state index contributed by atoms with van der Waals surface area (Å²) in [5.41, 5.74) is 5.64. The van der Waals surface area contributed by atoms with E-state index >= 15 is 0 Å². The van der Waals surface area contributed by atoms with Crippen molar-refractivity contribution in [3.8, 4) is 0 Å². The number of hydrogen-bond acceptors (Lipinski definition) is 2. The summed E-state index contributed by atoms with van der Waals surface area (Å²) < 4.78 is 0. The zero-order valence-corrected chi connectivity index (χ0v) is 8.51. The Kier molecular flexibility index (Phi) is 3.77. The fourth-order valence-electron chi connectivity index (χ4n) is 1.36. The molecule has 0 aromatic carbocycles. The van der Waals surface area contributed by atoms with Crippen LogP contribution in [0.3, 0.4) is 0 Å². The molecule has 0 unspecified atom stereocenters. The van der Waals surface area contributed by atoms with Gasteiger partial charge >= 0.3 is 0 Å². The van der Waals surface area contributed by atoms with Gasteiger partial charge < -0.3 is 5.01 Å². The first-order chi connectivity index (χ1) is 6.25. The Balaban J connectivity index is 2.77. The van der Waals surface area contributed by atoms with Crippen LogP contribution >= 0.6 is 0 Å². The summed E-state index contributed by atoms with van der Waals surface area (Å²) in [6.45, 7) is 7.09. The Morgan fingerprint density at radius 2 is 2.31 bits per heavy atom. The van der Waals surface area contributed by atoms with Gasteiger partial charge in [-0.05, 0) is 18.4 Å². The molecule has 1 rings (SSSR count). The van der Waals surface area contributed by atoms with Gasteiger partial charge in [-0.2, -0.15) is 0 Å². The van der Waals surface area contributed by atoms with Gasteiger partial charge in [0.25, 0.3) is 0 Å². The lowest BCUT2D eigenvalue weighted by atomic mass is 10.1. The van der Waals surface area contributed by atoms with Crippen molar-refractivity contribution in [2.24, 2.45) is 0 Å². The molecular weight excluding hydrogens is 160 g/mol. The molecule has 0 saturated heterocycles. The minimum absolute atomic E-state index is 0.875. The van der Waals surface area contributed by atoms with Gasteiger partial charge in [0.15, 0.2) is 0 Å². The van der Waals surface area contributed by atoms with Crippen molar-refractivity contribution in [1.82, 2.24) is 10.4 Å². The maximum absolute atomic E-state index is 4.06. The zero-order valence-electron chi connectivity index (χ0n) is 8.51. The molecule has 1 aliphatic heterocycles. The Morgan fingerprint density at radius 1 is 1.54 bits per heavy atom. The second kappa shape index (κ2) is 4.87. The van der Waals surface area contributed by atoms with Gasteiger partial charge in [-0.3, -0.25) is 0 Å². The molecule has 0 aliphatic carbocycles. The number of rotatable bonds is 1. The Morgan fingerprint density at radius 3 is 3.00 bits per heavy atom. The van der Waals surface area contributed by atoms with Gasteiger partial charge in [0, 0.05) is 19.3 Å². The average molecular weight is 178 g/mol. The molecule has 1 heterocycles. The van der Waals surface area contributed by atoms with Crippen LogP contribution < -0.4 is 5.43 Å². The monoisotopic (exact) mass is 178 g/mol. The van der Waals surface area contributed by atoms with Gasteiger partial charge in [0.2, 0.25) is 0 Å². The van der Waals surface area contributed by atoms with Crippen LogP contribution in [0.15, 0.2) is 36.1 Å². The largest absolute Gasteiger partial charge is 0.312 e. The minimum atomic E-state index is 0.875. The fourth-order valence-corrected chi connectivity index (χ4v) is 1.36. The van der Waals surface area contributed by atoms with Crippen molar-refractivity contribution in [3.63, 3.8) is 0 Å². The third-order valence-corrected chi connectivity index (χ3v) is 2.27. The quantitative estimate of drug-likeness (QED) is 0.619. The lowest BCUT2D eigenvalue weighted by Gasteiger charge is -2.23. The molecule has 0 radical (unpaired) electrons. The van der Waals surface area contributed by atoms with Crippen molar-refractivity contribution >= 4 is 0 Å². The smallest absolute Gasteiger partial charge is 0.0473 e. The highest BCUT2D eigenvalue weighted by molar-refractivity contribution is 5.27. The van der Waals surface area contributed by atoms with Crippen molar-refractivity contribution in [1.29, 1.82) is 0 Å². The number of likely N-dealkylation sites (N-methyl/N-ethyl adjacent to an activating group) is 1. The van der Waals surface area contributed by atoms with E-state index in [2.05, 4.69) is 37.2 Å². The van der Waals surface area contributed by atoms with Crippen LogP contribution in [0.25, 0.3) is 0 Å². The van der Waals surface area contributed by atoms with Crippen molar-refractivity contribution < 1.29 is 0 Å². The predicted molar refractivity (Wildman–Crippen MR) is 57.0 cm³/mol. The fraction of sp³-hybridized carbons (Fsp3) is 0.455. The minimum Gasteiger partial charge on any atom is -0.312 e. The third kappa shape index (κ3) is 2.74. The van der Waals surface area contributed by atoms with E-state index in [0.29, 0.717) is 0 Å². The van der Waals surface area contributed by atoms with Gasteiger partial charge in [0.1, 0.15) is 0 Å². The van der Waals surface area contributed by atoms with Crippen molar-refractivity contribution in [2.45, 2.75) is 19.8 Å². The lowest BCUT2D eigenvalue weighted by molar-refractivity contribution is 0.322. The highest BCUT2D eigenvalue weighted by Gasteiger charge is 2.05. The molecule has 0 atom stereocenters. The molecule has 0 bridgehead atoms. The van der Waals surface area contributed by atoms with Crippen molar-refractivity contribution in [2.75, 3.05) is 13.6 Å². The number of hydrazine groups is 1. The van der Waals surface area contributed by atoms with E-state index in [-0.39, 0.29) is 0 Å². The van der Waals surface area contributed by atoms with E-state index in [1.807, 2.05) is 12.1 Å². The van der Waals surface area contributed by atoms with E-state index in [1.54, 1.807) is 0 Å². The summed E-state index contributed by atoms with van der Waals surface area (Å²) in [6.07, 6.45) is 8.60. The van der Waals surface area contributed by atoms with Crippen LogP contribution in [0.4, 0.5) is 0 Å². The molecule has 2 nitrogen and oxygen atoms in total. The molecular formula is C11H18N2. The summed E-state index contributed by atoms with van der Waals surface area (Å²) >= 11 is 0. The Bertz CT molecular complexity index is 238. The molecule has 1 N–H and O–H groups in total. The van der Waals surface area contributed by atoms with Crippen LogP contribution in [0.2, 0.25) is 0 Å². The summed E-state index contributed by atoms with van der Waals surface area (Å²) in [5.74, 6) is 0. The Labute approximate surface area is 80.6 Å². The highest BCUT2D eigenvalue weighted by atomic mass is 15.5. The van der Waals surface area contributed by atoms with Crippen LogP contribution in [0, 0.1) is 0 Å². The number of nitrogens with zero attached hydrogens (tertiary/aromatic N) is 1. The molecule has 72 valence electrons. The van der Waals surface area contributed by atoms with Gasteiger partial charge in [-0.1, -0.05) is 31.7 Å². The average Bonchev–Trinajstić information content (AvgIpc) is 2.21. The van der Waals surface area contributed by atoms with Crippen LogP contribution in [0.5, 0.6) is 0 Å². The molecule has 1 aliphatic rings. The molecule has 0 aromatic rings. The highest BCUT2D eigenvalue weighted by Crippen LogP contribution is 2.15. The molecule has 2 heteroatoms. The van der Waals surface area contributed by atoms with Gasteiger partial charge in [-0.15, -0.1) is 0 Å². The summed E-state index contributed by atoms with van der Waals surface area (Å²) in [6, 6.07) is 0. The second-order valence-corrected chi connectivity index (χ2v) is 3.16. The van der Waals surface area contributed by atoms with Gasteiger partial charge in [0.05, 0.1) is 0 Å². The molecule has 0 amide bonds. The maximum atomic E-state index is 4.06. The number of hydrogen-bond donors (Lipinski definition) is 1. The first-order valence-electron chi connectivity index (χ1n) is 4.76. The number of nitrogens with one attached hydrogen (secondary N) is 1. The SMILES string of the molecule is C=C1/C(CC)=C/C/C=C\CNN1C. The second-order valence-electron chi connectivity index (χ2n) is 3.16. The van der Waals surface area contributed by atoms with Crippen LogP contribution in [-0.4, -0.2) is 18.6 Å². The predicted octanol–water partition coefficient (Wildman–Crippen LogP) is 2.23. The summed E-state index contributed by atoms with van der Waals surface area (Å²) in [5, 5.41) is 1.99. The summed E-state index contributed by atoms with van der Waals surface area (Å²) in [7, 11) is 2.00. The first-order valence-corrected chi connectivity index (χ1v) is 4.76. The molecule has 0 spiro atoms. The van der Waals surface area contributed by atoms with Gasteiger partial charge in [-0.25, -0.2) is 5.43 Å². The molecule has 0 saturated carbocycles. The first kappa shape index (κ1) is 10.1. The lowest BCUT2D eigenvalue weighted by Crippen LogP contribution is -2.33. The normalized spacial score (nSPS) is 25.5. The maximum Gasteiger partial charge on any atom is 0.0473 e. The van der Waals surface area contributed by atoms with E-state index in [1.165, 1.54) is 5.57 Å². The molecule has 0 aromatic heterocycles. The third-order valence-electron chi connectivity index (χ3n) is 2.27. The van der Waals surface area contributed by atoms with E-state index in [9.17, 15) is 0 Å². The van der Waals surface area contributed by atoms with Crippen molar-refractivity contribution in [3.05, 3.63) is 36.1 Å². The van der Waals surface area contributed by atoms with E-state index in [0.717, 1.165) is 25.1 Å². The standard InChI is InChI=1S/C11H18N2/c1-4-11-8-6-5-7-9-12-13(3)10(11)2/h5,7-8,12H,2,4,6,9H2,1,3H3/b7-5-,11-8+. The van der Waals surface area contributed by atoms with E-state index in [4.69, 9.17) is 0 Å². The number of allylic oxidation sites excluding steroid dienone is 3. The van der Waals surface area contributed by atoms with E-state index < -0.39 is 0 Å². The van der Waals surface area contributed by atoms with Crippen LogP contribution in [0.1, 0.15) is 19.8 Å². The Hall–Kier alpha value is -1.02. The zero-order chi connectivity index (χ0) is 9.68. The van der Waals surface area contributed by atoms with Crippen LogP contribution in [-0.2, 0) is 0 Å². The summed E-state index contributed by atoms with van der Waals surface area (Å²) in [4.78, 5) is 0. The molecule has 0 fully saturated rings.